The largest absolute Gasteiger partial charge is 0.351 e. The van der Waals surface area contributed by atoms with Crippen molar-refractivity contribution in [2.45, 2.75) is 38.8 Å². The lowest BCUT2D eigenvalue weighted by Gasteiger charge is -2.19. The van der Waals surface area contributed by atoms with Gasteiger partial charge in [0.15, 0.2) is 14.7 Å². The smallest absolute Gasteiger partial charge is 0.217 e. The molecule has 50 heavy (non-hydrogen) atoms. The molecule has 264 valence electrons. The molecule has 0 spiro atoms. The highest BCUT2D eigenvalue weighted by molar-refractivity contribution is 7.57. The molecule has 0 saturated carbocycles. The first-order valence-electron chi connectivity index (χ1n) is 16.4. The number of hydrogen-bond acceptors (Lipinski definition) is 6. The van der Waals surface area contributed by atoms with Gasteiger partial charge in [-0.05, 0) is 59.4 Å². The number of amides is 2. The van der Waals surface area contributed by atoms with Gasteiger partial charge < -0.3 is 19.7 Å². The molecule has 10 heteroatoms. The van der Waals surface area contributed by atoms with E-state index in [4.69, 9.17) is 9.05 Å². The van der Waals surface area contributed by atoms with E-state index in [0.29, 0.717) is 12.8 Å². The van der Waals surface area contributed by atoms with E-state index in [9.17, 15) is 18.7 Å². The second-order valence-electron chi connectivity index (χ2n) is 12.7. The van der Waals surface area contributed by atoms with Gasteiger partial charge in [0.25, 0.3) is 0 Å². The molecule has 4 rings (SSSR count). The number of hydrogen-bond donors (Lipinski definition) is 2. The van der Waals surface area contributed by atoms with Crippen LogP contribution in [-0.2, 0) is 40.6 Å². The van der Waals surface area contributed by atoms with Gasteiger partial charge in [0, 0.05) is 51.6 Å². The normalized spacial score (nSPS) is 12.3. The third-order valence-electron chi connectivity index (χ3n) is 7.09. The Balaban J connectivity index is 0.000000271. The van der Waals surface area contributed by atoms with Crippen LogP contribution in [0.15, 0.2) is 109 Å². The molecule has 2 N–H and O–H groups in total. The third kappa shape index (κ3) is 16.9. The highest BCUT2D eigenvalue weighted by Gasteiger charge is 2.17. The van der Waals surface area contributed by atoms with Gasteiger partial charge >= 0.3 is 0 Å². The van der Waals surface area contributed by atoms with Crippen LogP contribution in [0.1, 0.15) is 36.1 Å². The van der Waals surface area contributed by atoms with E-state index in [1.165, 1.54) is 19.4 Å². The van der Waals surface area contributed by atoms with Crippen LogP contribution in [0.2, 0.25) is 0 Å². The van der Waals surface area contributed by atoms with E-state index in [2.05, 4.69) is 58.9 Å². The van der Waals surface area contributed by atoms with E-state index in [1.807, 2.05) is 72.8 Å². The fourth-order valence-electron chi connectivity index (χ4n) is 4.84. The lowest BCUT2D eigenvalue weighted by atomic mass is 10.0. The maximum absolute atomic E-state index is 11.7. The van der Waals surface area contributed by atoms with Gasteiger partial charge in [-0.3, -0.25) is 18.7 Å². The van der Waals surface area contributed by atoms with Crippen molar-refractivity contribution in [2.24, 2.45) is 0 Å². The highest BCUT2D eigenvalue weighted by atomic mass is 31.2. The quantitative estimate of drug-likeness (QED) is 0.109. The lowest BCUT2D eigenvalue weighted by molar-refractivity contribution is -0.120. The molecule has 0 aliphatic heterocycles. The zero-order valence-electron chi connectivity index (χ0n) is 29.7. The zero-order chi connectivity index (χ0) is 36.6. The molecule has 0 aliphatic rings. The van der Waals surface area contributed by atoms with Crippen molar-refractivity contribution in [1.82, 2.24) is 10.6 Å². The standard InChI is InChI=1S/C21H24NO3P.C19H24NO3P/c1-17(23)22-21(16-25-26(2,3)24)15-20-13-11-19(12-14-20)10-9-18-7-5-4-6-8-18;1-15(21)20-19(14-23-24(2,3)22)13-16-9-11-18(12-10-16)17-7-5-4-6-8-17/h4-8,11-14,21H,15-16H2,1-3H3,(H,22,23);4-12,19H,13-14H2,1-3H3,(H,20,21)/t21-;19-/m11/s1. The summed E-state index contributed by atoms with van der Waals surface area (Å²) in [4.78, 5) is 22.8. The van der Waals surface area contributed by atoms with E-state index in [-0.39, 0.29) is 37.1 Å². The summed E-state index contributed by atoms with van der Waals surface area (Å²) in [5.41, 5.74) is 6.38. The Bertz CT molecular complexity index is 1810. The monoisotopic (exact) mass is 714 g/mol. The second kappa shape index (κ2) is 19.8. The summed E-state index contributed by atoms with van der Waals surface area (Å²) in [5.74, 6) is 6.01. The number of benzene rings is 4. The number of carbonyl (C=O) groups is 2. The van der Waals surface area contributed by atoms with Gasteiger partial charge in [-0.2, -0.15) is 0 Å². The van der Waals surface area contributed by atoms with Crippen molar-refractivity contribution in [2.75, 3.05) is 39.9 Å². The second-order valence-corrected chi connectivity index (χ2v) is 18.2. The fraction of sp³-hybridized carbons (Fsp3) is 0.300. The van der Waals surface area contributed by atoms with Crippen molar-refractivity contribution < 1.29 is 27.8 Å². The minimum atomic E-state index is -2.58. The molecule has 0 aliphatic carbocycles. The van der Waals surface area contributed by atoms with E-state index in [0.717, 1.165) is 27.8 Å². The minimum absolute atomic E-state index is 0.119. The molecule has 0 radical (unpaired) electrons. The maximum Gasteiger partial charge on any atom is 0.217 e. The van der Waals surface area contributed by atoms with Crippen LogP contribution in [0.5, 0.6) is 0 Å². The Kier molecular flexibility index (Phi) is 15.9. The third-order valence-corrected chi connectivity index (χ3v) is 8.63. The molecule has 0 saturated heterocycles. The van der Waals surface area contributed by atoms with Crippen LogP contribution >= 0.6 is 14.7 Å². The molecule has 0 unspecified atom stereocenters. The van der Waals surface area contributed by atoms with Crippen LogP contribution < -0.4 is 10.6 Å². The Morgan fingerprint density at radius 2 is 0.920 bits per heavy atom. The number of carbonyl (C=O) groups excluding carboxylic acids is 2. The van der Waals surface area contributed by atoms with Crippen LogP contribution in [0.4, 0.5) is 0 Å². The SMILES string of the molecule is CC(=O)N[C@@H](COP(C)(C)=O)Cc1ccc(-c2ccccc2)cc1.CC(=O)N[C@@H](COP(C)(C)=O)Cc1ccc(C#Cc2ccccc2)cc1. The summed E-state index contributed by atoms with van der Waals surface area (Å²) in [6.07, 6.45) is 1.24. The summed E-state index contributed by atoms with van der Waals surface area (Å²) < 4.78 is 34.3. The average molecular weight is 715 g/mol. The van der Waals surface area contributed by atoms with Gasteiger partial charge in [0.05, 0.1) is 25.3 Å². The topological polar surface area (TPSA) is 111 Å². The van der Waals surface area contributed by atoms with Crippen LogP contribution in [0.25, 0.3) is 11.1 Å². The molecule has 4 aromatic rings. The maximum atomic E-state index is 11.7. The summed E-state index contributed by atoms with van der Waals surface area (Å²) in [7, 11) is -5.15. The van der Waals surface area contributed by atoms with Gasteiger partial charge in [-0.1, -0.05) is 96.8 Å². The van der Waals surface area contributed by atoms with Gasteiger partial charge in [0.1, 0.15) is 0 Å². The van der Waals surface area contributed by atoms with Crippen molar-refractivity contribution in [3.05, 3.63) is 131 Å². The molecule has 2 atom stereocenters. The van der Waals surface area contributed by atoms with E-state index < -0.39 is 14.7 Å². The van der Waals surface area contributed by atoms with Crippen molar-refractivity contribution in [1.29, 1.82) is 0 Å². The first-order valence-corrected chi connectivity index (χ1v) is 21.4. The molecule has 0 heterocycles. The lowest BCUT2D eigenvalue weighted by Crippen LogP contribution is -2.38. The van der Waals surface area contributed by atoms with Crippen molar-refractivity contribution in [3.8, 4) is 23.0 Å². The van der Waals surface area contributed by atoms with Gasteiger partial charge in [-0.15, -0.1) is 0 Å². The Morgan fingerprint density at radius 1 is 0.560 bits per heavy atom. The number of nitrogens with one attached hydrogen (secondary N) is 2. The fourth-order valence-corrected chi connectivity index (χ4v) is 5.92. The van der Waals surface area contributed by atoms with Crippen molar-refractivity contribution >= 4 is 26.6 Å². The zero-order valence-corrected chi connectivity index (χ0v) is 31.5. The predicted molar refractivity (Wildman–Crippen MR) is 204 cm³/mol. The molecular weight excluding hydrogens is 666 g/mol. The van der Waals surface area contributed by atoms with E-state index in [1.54, 1.807) is 26.7 Å². The average Bonchev–Trinajstić information content (AvgIpc) is 3.06. The molecule has 0 fully saturated rings. The Labute approximate surface area is 297 Å². The number of rotatable bonds is 13. The predicted octanol–water partition coefficient (Wildman–Crippen LogP) is 7.64. The van der Waals surface area contributed by atoms with Crippen LogP contribution in [0.3, 0.4) is 0 Å². The molecule has 2 amide bonds. The molecule has 8 nitrogen and oxygen atoms in total. The summed E-state index contributed by atoms with van der Waals surface area (Å²) in [6, 6.07) is 35.7. The molecular formula is C40H48N2O6P2. The Hall–Kier alpha value is -4.24. The van der Waals surface area contributed by atoms with Crippen molar-refractivity contribution in [3.63, 3.8) is 0 Å². The molecule has 0 bridgehead atoms. The van der Waals surface area contributed by atoms with E-state index >= 15 is 0 Å². The van der Waals surface area contributed by atoms with Crippen LogP contribution in [-0.4, -0.2) is 63.8 Å². The van der Waals surface area contributed by atoms with Gasteiger partial charge in [-0.25, -0.2) is 0 Å². The summed E-state index contributed by atoms with van der Waals surface area (Å²) >= 11 is 0. The highest BCUT2D eigenvalue weighted by Crippen LogP contribution is 2.38. The molecule has 4 aromatic carbocycles. The first-order chi connectivity index (χ1) is 23.6. The summed E-state index contributed by atoms with van der Waals surface area (Å²) in [6.45, 7) is 9.69. The summed E-state index contributed by atoms with van der Waals surface area (Å²) in [5, 5.41) is 5.71. The Morgan fingerprint density at radius 3 is 1.32 bits per heavy atom. The van der Waals surface area contributed by atoms with Crippen LogP contribution in [0, 0.1) is 11.8 Å². The minimum Gasteiger partial charge on any atom is -0.351 e. The van der Waals surface area contributed by atoms with Gasteiger partial charge in [0.2, 0.25) is 11.8 Å². The first kappa shape index (κ1) is 40.2. The molecule has 0 aromatic heterocycles.